The summed E-state index contributed by atoms with van der Waals surface area (Å²) in [5.74, 6) is 1.08. The summed E-state index contributed by atoms with van der Waals surface area (Å²) in [5, 5.41) is 12.5. The van der Waals surface area contributed by atoms with Crippen LogP contribution in [0.25, 0.3) is 0 Å². The third-order valence-corrected chi connectivity index (χ3v) is 3.95. The lowest BCUT2D eigenvalue weighted by molar-refractivity contribution is -0.144. The topological polar surface area (TPSA) is 52.6 Å². The Morgan fingerprint density at radius 1 is 1.60 bits per heavy atom. The molecule has 1 saturated heterocycles. The van der Waals surface area contributed by atoms with Crippen LogP contribution in [0.4, 0.5) is 0 Å². The first-order valence-electron chi connectivity index (χ1n) is 5.28. The number of hydrogen-bond donors (Lipinski definition) is 2. The Bertz CT molecular complexity index is 215. The van der Waals surface area contributed by atoms with Crippen molar-refractivity contribution < 1.29 is 9.90 Å². The van der Waals surface area contributed by atoms with E-state index in [4.69, 9.17) is 0 Å². The van der Waals surface area contributed by atoms with E-state index in [1.165, 1.54) is 0 Å². The van der Waals surface area contributed by atoms with Crippen LogP contribution in [0.1, 0.15) is 12.8 Å². The fraction of sp³-hybridized carbons (Fsp3) is 0.900. The monoisotopic (exact) mass is 232 g/mol. The van der Waals surface area contributed by atoms with Crippen LogP contribution in [-0.4, -0.2) is 60.2 Å². The maximum Gasteiger partial charge on any atom is 0.324 e. The van der Waals surface area contributed by atoms with Crippen molar-refractivity contribution in [1.29, 1.82) is 0 Å². The molecule has 0 saturated carbocycles. The zero-order valence-corrected chi connectivity index (χ0v) is 10.3. The summed E-state index contributed by atoms with van der Waals surface area (Å²) in [6.45, 7) is 1.61. The lowest BCUT2D eigenvalue weighted by Crippen LogP contribution is -2.56. The largest absolute Gasteiger partial charge is 0.480 e. The molecule has 0 spiro atoms. The van der Waals surface area contributed by atoms with Gasteiger partial charge in [0.15, 0.2) is 0 Å². The Morgan fingerprint density at radius 3 is 2.80 bits per heavy atom. The highest BCUT2D eigenvalue weighted by Gasteiger charge is 2.39. The molecule has 1 aliphatic heterocycles. The normalized spacial score (nSPS) is 26.9. The first-order chi connectivity index (χ1) is 7.07. The van der Waals surface area contributed by atoms with Gasteiger partial charge in [0.2, 0.25) is 0 Å². The summed E-state index contributed by atoms with van der Waals surface area (Å²) >= 11 is 1.73. The second kappa shape index (κ2) is 5.72. The molecular weight excluding hydrogens is 212 g/mol. The maximum atomic E-state index is 11.3. The average molecular weight is 232 g/mol. The van der Waals surface area contributed by atoms with Crippen molar-refractivity contribution in [3.63, 3.8) is 0 Å². The minimum Gasteiger partial charge on any atom is -0.480 e. The number of aliphatic carboxylic acids is 1. The molecule has 1 aliphatic rings. The van der Waals surface area contributed by atoms with Crippen LogP contribution in [0.2, 0.25) is 0 Å². The second-order valence-corrected chi connectivity index (χ2v) is 5.38. The molecule has 88 valence electrons. The van der Waals surface area contributed by atoms with E-state index in [0.717, 1.165) is 31.7 Å². The summed E-state index contributed by atoms with van der Waals surface area (Å²) < 4.78 is 0. The number of thioether (sulfide) groups is 1. The van der Waals surface area contributed by atoms with Gasteiger partial charge in [-0.3, -0.25) is 10.1 Å². The zero-order valence-electron chi connectivity index (χ0n) is 9.45. The molecule has 5 heteroatoms. The van der Waals surface area contributed by atoms with E-state index in [-0.39, 0.29) is 0 Å². The third-order valence-electron chi connectivity index (χ3n) is 2.67. The van der Waals surface area contributed by atoms with Gasteiger partial charge in [-0.15, -0.1) is 0 Å². The lowest BCUT2D eigenvalue weighted by atomic mass is 9.95. The fourth-order valence-electron chi connectivity index (χ4n) is 1.70. The molecule has 1 fully saturated rings. The van der Waals surface area contributed by atoms with Crippen LogP contribution in [0.5, 0.6) is 0 Å². The Morgan fingerprint density at radius 2 is 2.33 bits per heavy atom. The highest BCUT2D eigenvalue weighted by Crippen LogP contribution is 2.26. The summed E-state index contributed by atoms with van der Waals surface area (Å²) in [6.07, 6.45) is 1.74. The van der Waals surface area contributed by atoms with Gasteiger partial charge in [-0.2, -0.15) is 11.8 Å². The van der Waals surface area contributed by atoms with Crippen molar-refractivity contribution in [2.45, 2.75) is 18.4 Å². The predicted octanol–water partition coefficient (Wildman–Crippen LogP) is 0.488. The molecule has 2 N–H and O–H groups in total. The van der Waals surface area contributed by atoms with E-state index in [9.17, 15) is 9.90 Å². The van der Waals surface area contributed by atoms with Crippen LogP contribution in [0.15, 0.2) is 0 Å². The molecule has 15 heavy (non-hydrogen) atoms. The van der Waals surface area contributed by atoms with E-state index in [1.54, 1.807) is 11.8 Å². The molecule has 1 heterocycles. The van der Waals surface area contributed by atoms with Gasteiger partial charge in [0.05, 0.1) is 0 Å². The van der Waals surface area contributed by atoms with Crippen LogP contribution < -0.4 is 5.32 Å². The number of hydrogen-bond acceptors (Lipinski definition) is 4. The minimum atomic E-state index is -0.701. The Kier molecular flexibility index (Phi) is 4.89. The van der Waals surface area contributed by atoms with E-state index in [1.807, 2.05) is 14.1 Å². The third kappa shape index (κ3) is 3.66. The number of carboxylic acids is 1. The molecule has 1 unspecified atom stereocenters. The highest BCUT2D eigenvalue weighted by atomic mass is 32.2. The summed E-state index contributed by atoms with van der Waals surface area (Å²) in [5.41, 5.74) is -0.682. The van der Waals surface area contributed by atoms with Crippen molar-refractivity contribution in [2.75, 3.05) is 38.7 Å². The van der Waals surface area contributed by atoms with Gasteiger partial charge in [-0.1, -0.05) is 0 Å². The van der Waals surface area contributed by atoms with Gasteiger partial charge >= 0.3 is 5.97 Å². The molecule has 0 radical (unpaired) electrons. The summed E-state index contributed by atoms with van der Waals surface area (Å²) in [7, 11) is 3.98. The fourth-order valence-corrected chi connectivity index (χ4v) is 2.91. The highest BCUT2D eigenvalue weighted by molar-refractivity contribution is 7.99. The SMILES string of the molecule is CN(C)CCNC1(C(=O)O)CCCSC1. The van der Waals surface area contributed by atoms with Crippen LogP contribution in [0, 0.1) is 0 Å². The van der Waals surface area contributed by atoms with Crippen LogP contribution in [0.3, 0.4) is 0 Å². The van der Waals surface area contributed by atoms with Crippen LogP contribution in [-0.2, 0) is 4.79 Å². The first kappa shape index (κ1) is 12.8. The van der Waals surface area contributed by atoms with Crippen molar-refractivity contribution in [3.8, 4) is 0 Å². The van der Waals surface area contributed by atoms with Gasteiger partial charge < -0.3 is 10.0 Å². The molecule has 1 rings (SSSR count). The van der Waals surface area contributed by atoms with Crippen molar-refractivity contribution in [1.82, 2.24) is 10.2 Å². The molecule has 0 bridgehead atoms. The van der Waals surface area contributed by atoms with E-state index in [2.05, 4.69) is 10.2 Å². The summed E-state index contributed by atoms with van der Waals surface area (Å²) in [4.78, 5) is 13.3. The minimum absolute atomic E-state index is 0.682. The van der Waals surface area contributed by atoms with Gasteiger partial charge in [0, 0.05) is 18.8 Å². The summed E-state index contributed by atoms with van der Waals surface area (Å²) in [6, 6.07) is 0. The number of carboxylic acid groups (broad SMARTS) is 1. The maximum absolute atomic E-state index is 11.3. The molecule has 0 aromatic heterocycles. The number of rotatable bonds is 5. The van der Waals surface area contributed by atoms with Crippen LogP contribution >= 0.6 is 11.8 Å². The number of nitrogens with one attached hydrogen (secondary N) is 1. The van der Waals surface area contributed by atoms with Gasteiger partial charge in [0.25, 0.3) is 0 Å². The number of nitrogens with zero attached hydrogens (tertiary/aromatic N) is 1. The Balaban J connectivity index is 2.46. The smallest absolute Gasteiger partial charge is 0.324 e. The van der Waals surface area contributed by atoms with Gasteiger partial charge in [0.1, 0.15) is 5.54 Å². The predicted molar refractivity (Wildman–Crippen MR) is 63.5 cm³/mol. The van der Waals surface area contributed by atoms with Gasteiger partial charge in [-0.25, -0.2) is 0 Å². The standard InChI is InChI=1S/C10H20N2O2S/c1-12(2)6-5-11-10(9(13)14)4-3-7-15-8-10/h11H,3-8H2,1-2H3,(H,13,14). The molecule has 0 aromatic carbocycles. The van der Waals surface area contributed by atoms with Crippen molar-refractivity contribution in [3.05, 3.63) is 0 Å². The quantitative estimate of drug-likeness (QED) is 0.722. The van der Waals surface area contributed by atoms with Gasteiger partial charge in [-0.05, 0) is 32.7 Å². The molecule has 0 aliphatic carbocycles. The average Bonchev–Trinajstić information content (AvgIpc) is 2.18. The zero-order chi connectivity index (χ0) is 11.3. The Labute approximate surface area is 95.4 Å². The number of likely N-dealkylation sites (N-methyl/N-ethyl adjacent to an activating group) is 1. The van der Waals surface area contributed by atoms with E-state index >= 15 is 0 Å². The van der Waals surface area contributed by atoms with E-state index in [0.29, 0.717) is 5.75 Å². The molecular formula is C10H20N2O2S. The Hall–Kier alpha value is -0.260. The second-order valence-electron chi connectivity index (χ2n) is 4.27. The van der Waals surface area contributed by atoms with E-state index < -0.39 is 11.5 Å². The molecule has 1 atom stereocenters. The molecule has 0 amide bonds. The molecule has 4 nitrogen and oxygen atoms in total. The first-order valence-corrected chi connectivity index (χ1v) is 6.43. The van der Waals surface area contributed by atoms with Crippen molar-refractivity contribution >= 4 is 17.7 Å². The van der Waals surface area contributed by atoms with Crippen molar-refractivity contribution in [2.24, 2.45) is 0 Å². The number of carbonyl (C=O) groups is 1. The molecule has 0 aromatic rings. The lowest BCUT2D eigenvalue weighted by Gasteiger charge is -2.34.